The highest BCUT2D eigenvalue weighted by atomic mass is 31.3. The van der Waals surface area contributed by atoms with Crippen molar-refractivity contribution in [1.82, 2.24) is 0 Å². The second-order valence-corrected chi connectivity index (χ2v) is 10.5. The van der Waals surface area contributed by atoms with E-state index in [4.69, 9.17) is 9.05 Å². The first-order valence-corrected chi connectivity index (χ1v) is 11.3. The molecule has 0 amide bonds. The third kappa shape index (κ3) is 5.99. The van der Waals surface area contributed by atoms with Crippen molar-refractivity contribution in [3.8, 4) is 0 Å². The second-order valence-electron chi connectivity index (χ2n) is 4.20. The van der Waals surface area contributed by atoms with Crippen molar-refractivity contribution in [1.29, 1.82) is 0 Å². The molecule has 0 N–H and O–H groups in total. The van der Waals surface area contributed by atoms with Gasteiger partial charge in [0.2, 0.25) is 0 Å². The van der Waals surface area contributed by atoms with Gasteiger partial charge in [0.1, 0.15) is 6.29 Å². The van der Waals surface area contributed by atoms with Crippen molar-refractivity contribution in [2.45, 2.75) is 33.1 Å². The molecule has 3 unspecified atom stereocenters. The molecule has 6 nitrogen and oxygen atoms in total. The quantitative estimate of drug-likeness (QED) is 0.356. The van der Waals surface area contributed by atoms with Gasteiger partial charge in [-0.2, -0.15) is 21.6 Å². The van der Waals surface area contributed by atoms with E-state index >= 15 is 0 Å². The lowest BCUT2D eigenvalue weighted by atomic mass is 10.5. The Balaban J connectivity index is 3.24. The Morgan fingerprint density at radius 1 is 0.952 bits per heavy atom. The van der Waals surface area contributed by atoms with Crippen molar-refractivity contribution in [2.24, 2.45) is 13.5 Å². The molecule has 124 valence electrons. The number of carbonyl (C=O) groups excluding carboxylic acids is 1. The number of carbonyl (C=O) groups is 1. The van der Waals surface area contributed by atoms with E-state index in [0.717, 1.165) is 0 Å². The second kappa shape index (κ2) is 8.07. The van der Waals surface area contributed by atoms with Crippen molar-refractivity contribution < 1.29 is 26.4 Å². The molecule has 0 fully saturated rings. The average molecular weight is 367 g/mol. The summed E-state index contributed by atoms with van der Waals surface area (Å²) in [4.78, 5) is 10.4. The zero-order valence-electron chi connectivity index (χ0n) is 11.9. The standard InChI is InChI=1S/C9H19F3N3O3P3/c1-3-7-17-20(11)13-19(10,9-5-6-16)14-21(12,15-20)18-8-4-2/h6H,3-5,7-9H2,1-2H3. The third-order valence-corrected chi connectivity index (χ3v) is 9.74. The topological polar surface area (TPSA) is 72.6 Å². The summed E-state index contributed by atoms with van der Waals surface area (Å²) in [5.74, 6) is 0. The Morgan fingerprint density at radius 2 is 1.48 bits per heavy atom. The maximum atomic E-state index is 14.6. The predicted octanol–water partition coefficient (Wildman–Crippen LogP) is 6.27. The molecule has 0 aliphatic carbocycles. The van der Waals surface area contributed by atoms with Crippen LogP contribution in [0.25, 0.3) is 0 Å². The Labute approximate surface area is 122 Å². The molecule has 0 bridgehead atoms. The summed E-state index contributed by atoms with van der Waals surface area (Å²) in [6.45, 7) is 3.32. The van der Waals surface area contributed by atoms with E-state index in [2.05, 4.69) is 13.5 Å². The number of hydrogen-bond acceptors (Lipinski definition) is 6. The van der Waals surface area contributed by atoms with E-state index < -0.39 is 29.2 Å². The molecule has 12 heteroatoms. The van der Waals surface area contributed by atoms with Crippen LogP contribution in [0.4, 0.5) is 12.6 Å². The first kappa shape index (κ1) is 19.1. The Hall–Kier alpha value is 0.0700. The fraction of sp³-hybridized carbons (Fsp3) is 0.889. The van der Waals surface area contributed by atoms with Gasteiger partial charge in [0.15, 0.2) is 0 Å². The molecule has 3 atom stereocenters. The van der Waals surface area contributed by atoms with Crippen molar-refractivity contribution in [3.05, 3.63) is 0 Å². The Morgan fingerprint density at radius 3 is 1.95 bits per heavy atom. The Kier molecular flexibility index (Phi) is 7.35. The summed E-state index contributed by atoms with van der Waals surface area (Å²) in [7, 11) is -13.1. The zero-order chi connectivity index (χ0) is 16.0. The third-order valence-electron chi connectivity index (χ3n) is 2.17. The van der Waals surface area contributed by atoms with Crippen LogP contribution in [-0.2, 0) is 13.8 Å². The molecule has 0 saturated heterocycles. The van der Waals surface area contributed by atoms with E-state index in [0.29, 0.717) is 19.1 Å². The molecule has 1 rings (SSSR count). The fourth-order valence-electron chi connectivity index (χ4n) is 1.35. The van der Waals surface area contributed by atoms with Gasteiger partial charge < -0.3 is 13.8 Å². The first-order chi connectivity index (χ1) is 9.80. The number of hydrogen-bond donors (Lipinski definition) is 0. The monoisotopic (exact) mass is 367 g/mol. The van der Waals surface area contributed by atoms with Crippen LogP contribution in [0, 0.1) is 0 Å². The lowest BCUT2D eigenvalue weighted by Gasteiger charge is -2.23. The molecule has 0 saturated carbocycles. The SMILES string of the molecule is CCCOP1(F)=NP(F)(CCC=O)=NP(F)(OCCC)=N1. The number of nitrogens with zero attached hydrogens (tertiary/aromatic N) is 3. The molecule has 21 heavy (non-hydrogen) atoms. The molecular formula is C9H19F3N3O3P3. The minimum Gasteiger partial charge on any atom is -0.303 e. The molecule has 0 radical (unpaired) electrons. The van der Waals surface area contributed by atoms with E-state index in [1.807, 2.05) is 0 Å². The average Bonchev–Trinajstić information content (AvgIpc) is 2.39. The number of halogens is 3. The van der Waals surface area contributed by atoms with Gasteiger partial charge >= 0.3 is 15.5 Å². The molecule has 1 heterocycles. The van der Waals surface area contributed by atoms with Gasteiger partial charge in [0, 0.05) is 12.6 Å². The fourth-order valence-corrected chi connectivity index (χ4v) is 9.35. The van der Waals surface area contributed by atoms with Crippen molar-refractivity contribution in [3.63, 3.8) is 0 Å². The van der Waals surface area contributed by atoms with Crippen molar-refractivity contribution >= 4 is 29.3 Å². The molecule has 0 aromatic rings. The van der Waals surface area contributed by atoms with E-state index in [9.17, 15) is 17.4 Å². The largest absolute Gasteiger partial charge is 0.385 e. The van der Waals surface area contributed by atoms with Crippen molar-refractivity contribution in [2.75, 3.05) is 19.4 Å². The van der Waals surface area contributed by atoms with E-state index in [1.165, 1.54) is 0 Å². The van der Waals surface area contributed by atoms with Gasteiger partial charge in [-0.05, 0) is 12.8 Å². The summed E-state index contributed by atoms with van der Waals surface area (Å²) in [6.07, 6.45) is 0.683. The van der Waals surface area contributed by atoms with Gasteiger partial charge in [-0.15, -0.1) is 4.52 Å². The van der Waals surface area contributed by atoms with Gasteiger partial charge in [0.05, 0.1) is 13.2 Å². The normalized spacial score (nSPS) is 35.5. The molecule has 0 spiro atoms. The maximum absolute atomic E-state index is 14.6. The number of rotatable bonds is 9. The van der Waals surface area contributed by atoms with Crippen LogP contribution < -0.4 is 0 Å². The summed E-state index contributed by atoms with van der Waals surface area (Å²) >= 11 is 0. The van der Waals surface area contributed by atoms with Gasteiger partial charge in [-0.3, -0.25) is 0 Å². The number of aldehydes is 1. The lowest BCUT2D eigenvalue weighted by molar-refractivity contribution is -0.107. The van der Waals surface area contributed by atoms with Gasteiger partial charge in [0.25, 0.3) is 7.52 Å². The van der Waals surface area contributed by atoms with Gasteiger partial charge in [-0.25, -0.2) is 0 Å². The summed E-state index contributed by atoms with van der Waals surface area (Å²) in [5, 5.41) is 0. The van der Waals surface area contributed by atoms with Crippen LogP contribution in [0.1, 0.15) is 33.1 Å². The highest BCUT2D eigenvalue weighted by Gasteiger charge is 2.39. The van der Waals surface area contributed by atoms with Crippen LogP contribution >= 0.6 is 23.0 Å². The van der Waals surface area contributed by atoms with Crippen LogP contribution in [0.15, 0.2) is 13.5 Å². The van der Waals surface area contributed by atoms with E-state index in [1.54, 1.807) is 13.8 Å². The summed E-state index contributed by atoms with van der Waals surface area (Å²) < 4.78 is 63.1. The van der Waals surface area contributed by atoms with Crippen LogP contribution in [-0.4, -0.2) is 25.7 Å². The van der Waals surface area contributed by atoms with Crippen LogP contribution in [0.5, 0.6) is 0 Å². The van der Waals surface area contributed by atoms with E-state index in [-0.39, 0.29) is 19.6 Å². The maximum Gasteiger partial charge on any atom is 0.385 e. The highest BCUT2D eigenvalue weighted by Crippen LogP contribution is 2.81. The lowest BCUT2D eigenvalue weighted by Crippen LogP contribution is -1.94. The molecule has 1 aliphatic heterocycles. The predicted molar refractivity (Wildman–Crippen MR) is 79.4 cm³/mol. The minimum atomic E-state index is -4.44. The molecular weight excluding hydrogens is 348 g/mol. The minimum absolute atomic E-state index is 0.0568. The smallest absolute Gasteiger partial charge is 0.303 e. The zero-order valence-corrected chi connectivity index (χ0v) is 14.5. The molecule has 0 aromatic heterocycles. The highest BCUT2D eigenvalue weighted by molar-refractivity contribution is 7.79. The van der Waals surface area contributed by atoms with Crippen LogP contribution in [0.2, 0.25) is 0 Å². The molecule has 1 aliphatic rings. The Bertz CT molecular complexity index is 527. The van der Waals surface area contributed by atoms with Gasteiger partial charge in [-0.1, -0.05) is 13.8 Å². The molecule has 0 aromatic carbocycles. The first-order valence-electron chi connectivity index (χ1n) is 6.52. The summed E-state index contributed by atoms with van der Waals surface area (Å²) in [6, 6.07) is 0. The van der Waals surface area contributed by atoms with Crippen LogP contribution in [0.3, 0.4) is 0 Å². The summed E-state index contributed by atoms with van der Waals surface area (Å²) in [5.41, 5.74) is 0.